The van der Waals surface area contributed by atoms with Crippen LogP contribution in [0, 0.1) is 6.92 Å². The van der Waals surface area contributed by atoms with Gasteiger partial charge in [-0.15, -0.1) is 0 Å². The fraction of sp³-hybridized carbons (Fsp3) is 0.0211. The third-order valence-corrected chi connectivity index (χ3v) is 21.9. The van der Waals surface area contributed by atoms with E-state index in [4.69, 9.17) is 15.0 Å². The van der Waals surface area contributed by atoms with Crippen molar-refractivity contribution < 1.29 is 13.2 Å². The van der Waals surface area contributed by atoms with Crippen LogP contribution < -0.4 is 0 Å². The molecule has 22 aromatic rings. The smallest absolute Gasteiger partial charge is 0.309 e. The molecule has 0 fully saturated rings. The summed E-state index contributed by atoms with van der Waals surface area (Å²) in [5.41, 5.74) is 18.2. The first kappa shape index (κ1) is 60.5. The summed E-state index contributed by atoms with van der Waals surface area (Å²) in [6.07, 6.45) is -4.77. The molecular weight excluding hydrogens is 1320 g/mol. The van der Waals surface area contributed by atoms with Crippen LogP contribution in [0.15, 0.2) is 334 Å². The lowest BCUT2D eigenvalue weighted by atomic mass is 10.0. The van der Waals surface area contributed by atoms with Gasteiger partial charge < -0.3 is 27.4 Å². The number of hydrogen-bond acceptors (Lipinski definition) is 3. The standard InChI is InChI=1S/C95H58F3N9/c1-57-39-49-86(106-88-53-60(102-78-31-13-5-23-64(78)65-24-6-14-32-79(65)102)41-45-72(88)73-46-42-61(54-89(73)106)103-80-33-15-7-25-66(80)67-26-8-16-34-81(67)103)76(51-57)93-99-92(58-21-3-2-4-22-58)100-94(101-93)77-52-59(95(96,97)98)40-50-87(77)107-90-55-62(104-82-35-17-9-27-68(82)69-28-10-18-36-83(69)104)43-47-74(90)75-48-44-63(56-91(75)107)105-84-37-19-11-29-70(84)71-30-12-20-38-85(71)105/h2-56H,1H3. The number of benzene rings is 15. The summed E-state index contributed by atoms with van der Waals surface area (Å²) in [4.78, 5) is 16.5. The normalized spacial score (nSPS) is 12.3. The van der Waals surface area contributed by atoms with E-state index in [1.165, 1.54) is 12.1 Å². The van der Waals surface area contributed by atoms with E-state index in [0.29, 0.717) is 16.8 Å². The van der Waals surface area contributed by atoms with E-state index in [2.05, 4.69) is 319 Å². The molecule has 0 N–H and O–H groups in total. The molecule has 0 bridgehead atoms. The summed E-state index contributed by atoms with van der Waals surface area (Å²) < 4.78 is 61.9. The highest BCUT2D eigenvalue weighted by Crippen LogP contribution is 2.46. The fourth-order valence-electron chi connectivity index (χ4n) is 17.3. The zero-order valence-corrected chi connectivity index (χ0v) is 57.4. The summed E-state index contributed by atoms with van der Waals surface area (Å²) in [5, 5.41) is 12.9. The number of aromatic nitrogens is 9. The van der Waals surface area contributed by atoms with Gasteiger partial charge in [0, 0.05) is 104 Å². The lowest BCUT2D eigenvalue weighted by Gasteiger charge is -2.19. The van der Waals surface area contributed by atoms with Crippen LogP contribution in [0.4, 0.5) is 13.2 Å². The van der Waals surface area contributed by atoms with Crippen molar-refractivity contribution in [2.75, 3.05) is 0 Å². The van der Waals surface area contributed by atoms with Crippen LogP contribution in [0.1, 0.15) is 11.1 Å². The lowest BCUT2D eigenvalue weighted by molar-refractivity contribution is -0.137. The SMILES string of the molecule is Cc1ccc(-n2c3cc(-n4c5ccccc5c5ccccc54)ccc3c3ccc(-n4c5ccccc5c5ccccc54)cc32)c(-c2nc(-c3ccccc3)nc(-c3cc(C(F)(F)F)ccc3-n3c4cc(-n5c6ccccc6c6ccccc65)ccc4c4ccc(-n5c6ccccc6c6ccccc65)cc43)n2)c1. The molecule has 0 radical (unpaired) electrons. The van der Waals surface area contributed by atoms with E-state index >= 15 is 13.2 Å². The van der Waals surface area contributed by atoms with E-state index in [-0.39, 0.29) is 23.0 Å². The number of para-hydroxylation sites is 8. The quantitative estimate of drug-likeness (QED) is 0.145. The molecule has 0 atom stereocenters. The van der Waals surface area contributed by atoms with E-state index in [1.807, 2.05) is 30.3 Å². The first-order valence-electron chi connectivity index (χ1n) is 35.9. The minimum absolute atomic E-state index is 0.0547. The van der Waals surface area contributed by atoms with E-state index in [0.717, 1.165) is 165 Å². The molecule has 504 valence electrons. The number of fused-ring (bicyclic) bond motifs is 18. The van der Waals surface area contributed by atoms with Crippen LogP contribution >= 0.6 is 0 Å². The minimum Gasteiger partial charge on any atom is -0.309 e. The van der Waals surface area contributed by atoms with Crippen LogP contribution in [0.2, 0.25) is 0 Å². The Labute approximate surface area is 609 Å². The zero-order chi connectivity index (χ0) is 70.9. The van der Waals surface area contributed by atoms with Gasteiger partial charge in [0.2, 0.25) is 0 Å². The third-order valence-electron chi connectivity index (χ3n) is 21.9. The number of aryl methyl sites for hydroxylation is 1. The second-order valence-corrected chi connectivity index (χ2v) is 27.9. The van der Waals surface area contributed by atoms with Crippen molar-refractivity contribution in [3.63, 3.8) is 0 Å². The summed E-state index contributed by atoms with van der Waals surface area (Å²) in [7, 11) is 0. The molecule has 15 aromatic carbocycles. The summed E-state index contributed by atoms with van der Waals surface area (Å²) in [5.74, 6) is 0.613. The molecule has 0 saturated heterocycles. The highest BCUT2D eigenvalue weighted by Gasteiger charge is 2.33. The Morgan fingerprint density at radius 1 is 0.224 bits per heavy atom. The van der Waals surface area contributed by atoms with Crippen LogP contribution in [0.3, 0.4) is 0 Å². The Hall–Kier alpha value is -14.1. The molecule has 0 amide bonds. The molecule has 0 aliphatic rings. The minimum atomic E-state index is -4.77. The molecule has 12 heteroatoms. The zero-order valence-electron chi connectivity index (χ0n) is 57.4. The van der Waals surface area contributed by atoms with Crippen molar-refractivity contribution in [2.24, 2.45) is 0 Å². The van der Waals surface area contributed by atoms with Gasteiger partial charge in [-0.3, -0.25) is 0 Å². The summed E-state index contributed by atoms with van der Waals surface area (Å²) >= 11 is 0. The second kappa shape index (κ2) is 22.9. The number of rotatable bonds is 9. The first-order chi connectivity index (χ1) is 52.6. The predicted octanol–water partition coefficient (Wildman–Crippen LogP) is 24.8. The molecule has 0 aliphatic carbocycles. The molecule has 0 aliphatic heterocycles. The van der Waals surface area contributed by atoms with Gasteiger partial charge in [0.1, 0.15) is 0 Å². The third kappa shape index (κ3) is 9.09. The number of nitrogens with zero attached hydrogens (tertiary/aromatic N) is 9. The van der Waals surface area contributed by atoms with Crippen molar-refractivity contribution in [1.82, 2.24) is 42.4 Å². The van der Waals surface area contributed by atoms with Crippen LogP contribution in [-0.2, 0) is 6.18 Å². The molecule has 9 nitrogen and oxygen atoms in total. The Kier molecular flexibility index (Phi) is 13.0. The highest BCUT2D eigenvalue weighted by molar-refractivity contribution is 6.17. The van der Waals surface area contributed by atoms with Crippen molar-refractivity contribution in [1.29, 1.82) is 0 Å². The maximum atomic E-state index is 16.1. The van der Waals surface area contributed by atoms with Gasteiger partial charge in [-0.2, -0.15) is 13.2 Å². The summed E-state index contributed by atoms with van der Waals surface area (Å²) in [6, 6.07) is 114. The maximum absolute atomic E-state index is 16.1. The predicted molar refractivity (Wildman–Crippen MR) is 432 cm³/mol. The number of halogens is 3. The van der Waals surface area contributed by atoms with Crippen LogP contribution in [-0.4, -0.2) is 42.4 Å². The molecule has 107 heavy (non-hydrogen) atoms. The van der Waals surface area contributed by atoms with Crippen molar-refractivity contribution >= 4 is 131 Å². The van der Waals surface area contributed by atoms with E-state index < -0.39 is 11.7 Å². The van der Waals surface area contributed by atoms with Crippen LogP contribution in [0.5, 0.6) is 0 Å². The highest BCUT2D eigenvalue weighted by atomic mass is 19.4. The van der Waals surface area contributed by atoms with Crippen molar-refractivity contribution in [3.8, 4) is 68.3 Å². The largest absolute Gasteiger partial charge is 0.416 e. The molecule has 22 rings (SSSR count). The first-order valence-corrected chi connectivity index (χ1v) is 35.9. The van der Waals surface area contributed by atoms with Gasteiger partial charge in [-0.05, 0) is 134 Å². The molecule has 0 spiro atoms. The average Bonchev–Trinajstić information content (AvgIpc) is 1.58. The molecular formula is C95H58F3N9. The van der Waals surface area contributed by atoms with Crippen molar-refractivity contribution in [2.45, 2.75) is 13.1 Å². The Morgan fingerprint density at radius 2 is 0.486 bits per heavy atom. The van der Waals surface area contributed by atoms with Gasteiger partial charge in [-0.25, -0.2) is 15.0 Å². The Balaban J connectivity index is 0.825. The van der Waals surface area contributed by atoms with E-state index in [1.54, 1.807) is 6.07 Å². The fourth-order valence-corrected chi connectivity index (χ4v) is 17.3. The topological polar surface area (TPSA) is 68.2 Å². The van der Waals surface area contributed by atoms with Gasteiger partial charge in [0.25, 0.3) is 0 Å². The van der Waals surface area contributed by atoms with Crippen LogP contribution in [0.25, 0.3) is 199 Å². The molecule has 0 saturated carbocycles. The molecule has 7 aromatic heterocycles. The van der Waals surface area contributed by atoms with Gasteiger partial charge in [0.15, 0.2) is 17.5 Å². The number of hydrogen-bond donors (Lipinski definition) is 0. The second-order valence-electron chi connectivity index (χ2n) is 27.9. The van der Waals surface area contributed by atoms with Gasteiger partial charge in [0.05, 0.1) is 83.1 Å². The number of alkyl halides is 3. The maximum Gasteiger partial charge on any atom is 0.416 e. The lowest BCUT2D eigenvalue weighted by Crippen LogP contribution is -2.09. The monoisotopic (exact) mass is 1380 g/mol. The summed E-state index contributed by atoms with van der Waals surface area (Å²) in [6.45, 7) is 2.05. The van der Waals surface area contributed by atoms with E-state index in [9.17, 15) is 0 Å². The van der Waals surface area contributed by atoms with Gasteiger partial charge in [-0.1, -0.05) is 212 Å². The molecule has 7 heterocycles. The Bertz CT molecular complexity index is 6970. The van der Waals surface area contributed by atoms with Gasteiger partial charge >= 0.3 is 6.18 Å². The van der Waals surface area contributed by atoms with Crippen molar-refractivity contribution in [3.05, 3.63) is 345 Å². The molecule has 0 unspecified atom stereocenters. The average molecular weight is 1380 g/mol. The Morgan fingerprint density at radius 3 is 0.794 bits per heavy atom.